The SMILES string of the molecule is Cc1csc(COc2ccc(C(=O)Nc3nc(C)c(C(=O)N(C)C)s3)cc2)n1. The quantitative estimate of drug-likeness (QED) is 0.662. The van der Waals surface area contributed by atoms with Crippen LogP contribution in [-0.4, -0.2) is 40.8 Å². The van der Waals surface area contributed by atoms with E-state index in [4.69, 9.17) is 4.74 Å². The number of nitrogens with one attached hydrogen (secondary N) is 1. The number of rotatable bonds is 6. The highest BCUT2D eigenvalue weighted by molar-refractivity contribution is 7.17. The first-order valence-electron chi connectivity index (χ1n) is 8.48. The number of anilines is 1. The van der Waals surface area contributed by atoms with Crippen LogP contribution in [0.3, 0.4) is 0 Å². The van der Waals surface area contributed by atoms with Crippen molar-refractivity contribution in [3.05, 3.63) is 56.5 Å². The number of carbonyl (C=O) groups is 2. The third-order valence-corrected chi connectivity index (χ3v) is 5.76. The van der Waals surface area contributed by atoms with Crippen molar-refractivity contribution in [2.24, 2.45) is 0 Å². The molecule has 2 heterocycles. The monoisotopic (exact) mass is 416 g/mol. The summed E-state index contributed by atoms with van der Waals surface area (Å²) in [5.74, 6) is 0.237. The molecule has 0 aliphatic carbocycles. The lowest BCUT2D eigenvalue weighted by Crippen LogP contribution is -2.21. The minimum absolute atomic E-state index is 0.132. The zero-order valence-electron chi connectivity index (χ0n) is 16.0. The summed E-state index contributed by atoms with van der Waals surface area (Å²) in [6.45, 7) is 4.08. The highest BCUT2D eigenvalue weighted by Gasteiger charge is 2.18. The number of hydrogen-bond donors (Lipinski definition) is 1. The van der Waals surface area contributed by atoms with Gasteiger partial charge >= 0.3 is 0 Å². The molecular weight excluding hydrogens is 396 g/mol. The van der Waals surface area contributed by atoms with Crippen molar-refractivity contribution in [2.45, 2.75) is 20.5 Å². The molecule has 0 saturated carbocycles. The molecule has 0 unspecified atom stereocenters. The van der Waals surface area contributed by atoms with Crippen molar-refractivity contribution in [1.82, 2.24) is 14.9 Å². The lowest BCUT2D eigenvalue weighted by atomic mass is 10.2. The molecule has 0 fully saturated rings. The van der Waals surface area contributed by atoms with Crippen LogP contribution in [0.25, 0.3) is 0 Å². The van der Waals surface area contributed by atoms with Crippen molar-refractivity contribution in [1.29, 1.82) is 0 Å². The summed E-state index contributed by atoms with van der Waals surface area (Å²) in [6, 6.07) is 6.85. The smallest absolute Gasteiger partial charge is 0.265 e. The lowest BCUT2D eigenvalue weighted by molar-refractivity contribution is 0.0831. The van der Waals surface area contributed by atoms with Crippen LogP contribution < -0.4 is 10.1 Å². The molecule has 7 nitrogen and oxygen atoms in total. The van der Waals surface area contributed by atoms with E-state index in [1.54, 1.807) is 56.6 Å². The fraction of sp³-hybridized carbons (Fsp3) is 0.263. The summed E-state index contributed by atoms with van der Waals surface area (Å²) in [5.41, 5.74) is 2.05. The second-order valence-corrected chi connectivity index (χ2v) is 8.22. The number of benzene rings is 1. The molecule has 0 radical (unpaired) electrons. The zero-order chi connectivity index (χ0) is 20.3. The van der Waals surface area contributed by atoms with Crippen LogP contribution in [0.5, 0.6) is 5.75 Å². The number of hydrogen-bond acceptors (Lipinski definition) is 7. The maximum atomic E-state index is 12.4. The van der Waals surface area contributed by atoms with Gasteiger partial charge < -0.3 is 9.64 Å². The molecule has 0 aliphatic rings. The minimum atomic E-state index is -0.292. The summed E-state index contributed by atoms with van der Waals surface area (Å²) in [6.07, 6.45) is 0. The van der Waals surface area contributed by atoms with Gasteiger partial charge in [0.25, 0.3) is 11.8 Å². The van der Waals surface area contributed by atoms with Crippen LogP contribution in [0.15, 0.2) is 29.6 Å². The molecule has 0 atom stereocenters. The van der Waals surface area contributed by atoms with Crippen molar-refractivity contribution < 1.29 is 14.3 Å². The third-order valence-electron chi connectivity index (χ3n) is 3.76. The number of carbonyl (C=O) groups excluding carboxylic acids is 2. The van der Waals surface area contributed by atoms with Crippen LogP contribution in [0, 0.1) is 13.8 Å². The average molecular weight is 417 g/mol. The number of amides is 2. The molecule has 2 amide bonds. The highest BCUT2D eigenvalue weighted by atomic mass is 32.1. The first-order valence-corrected chi connectivity index (χ1v) is 10.2. The van der Waals surface area contributed by atoms with Crippen LogP contribution in [-0.2, 0) is 6.61 Å². The number of thiazole rings is 2. The summed E-state index contributed by atoms with van der Waals surface area (Å²) in [7, 11) is 3.36. The molecule has 0 saturated heterocycles. The average Bonchev–Trinajstić information content (AvgIpc) is 3.24. The Kier molecular flexibility index (Phi) is 6.05. The first kappa shape index (κ1) is 20.0. The normalized spacial score (nSPS) is 10.6. The molecule has 0 aliphatic heterocycles. The topological polar surface area (TPSA) is 84.4 Å². The van der Waals surface area contributed by atoms with Crippen molar-refractivity contribution in [3.8, 4) is 5.75 Å². The second kappa shape index (κ2) is 8.49. The molecule has 2 aromatic heterocycles. The van der Waals surface area contributed by atoms with E-state index in [1.165, 1.54) is 16.2 Å². The Balaban J connectivity index is 1.62. The number of aromatic nitrogens is 2. The van der Waals surface area contributed by atoms with Gasteiger partial charge in [-0.15, -0.1) is 11.3 Å². The Bertz CT molecular complexity index is 993. The Labute approximate surface area is 171 Å². The van der Waals surface area contributed by atoms with Crippen LogP contribution in [0.1, 0.15) is 36.4 Å². The fourth-order valence-electron chi connectivity index (χ4n) is 2.34. The molecule has 0 bridgehead atoms. The van der Waals surface area contributed by atoms with E-state index in [-0.39, 0.29) is 11.8 Å². The van der Waals surface area contributed by atoms with Gasteiger partial charge in [-0.3, -0.25) is 14.9 Å². The predicted octanol–water partition coefficient (Wildman–Crippen LogP) is 3.75. The largest absolute Gasteiger partial charge is 0.486 e. The van der Waals surface area contributed by atoms with E-state index in [0.29, 0.717) is 33.6 Å². The fourth-order valence-corrected chi connectivity index (χ4v) is 4.00. The summed E-state index contributed by atoms with van der Waals surface area (Å²) >= 11 is 2.72. The molecule has 3 aromatic rings. The molecule has 146 valence electrons. The van der Waals surface area contributed by atoms with Gasteiger partial charge in [-0.05, 0) is 38.1 Å². The Hall–Kier alpha value is -2.78. The van der Waals surface area contributed by atoms with Crippen LogP contribution in [0.4, 0.5) is 5.13 Å². The van der Waals surface area contributed by atoms with Gasteiger partial charge in [0.1, 0.15) is 22.2 Å². The van der Waals surface area contributed by atoms with E-state index in [9.17, 15) is 9.59 Å². The van der Waals surface area contributed by atoms with E-state index in [1.807, 2.05) is 12.3 Å². The molecule has 28 heavy (non-hydrogen) atoms. The molecule has 1 N–H and O–H groups in total. The maximum absolute atomic E-state index is 12.4. The van der Waals surface area contributed by atoms with Gasteiger partial charge in [-0.25, -0.2) is 9.97 Å². The third kappa shape index (κ3) is 4.73. The molecule has 1 aromatic carbocycles. The molecular formula is C19H20N4O3S2. The number of aryl methyl sites for hydroxylation is 2. The Morgan fingerprint density at radius 1 is 1.14 bits per heavy atom. The maximum Gasteiger partial charge on any atom is 0.265 e. The molecule has 3 rings (SSSR count). The number of nitrogens with zero attached hydrogens (tertiary/aromatic N) is 3. The van der Waals surface area contributed by atoms with Gasteiger partial charge in [-0.1, -0.05) is 11.3 Å². The first-order chi connectivity index (χ1) is 13.3. The summed E-state index contributed by atoms with van der Waals surface area (Å²) in [4.78, 5) is 35.2. The predicted molar refractivity (Wildman–Crippen MR) is 110 cm³/mol. The highest BCUT2D eigenvalue weighted by Crippen LogP contribution is 2.24. The van der Waals surface area contributed by atoms with E-state index < -0.39 is 0 Å². The van der Waals surface area contributed by atoms with Gasteiger partial charge in [0.15, 0.2) is 5.13 Å². The van der Waals surface area contributed by atoms with Crippen molar-refractivity contribution in [2.75, 3.05) is 19.4 Å². The van der Waals surface area contributed by atoms with Gasteiger partial charge in [0.05, 0.1) is 5.69 Å². The number of ether oxygens (including phenoxy) is 1. The minimum Gasteiger partial charge on any atom is -0.486 e. The van der Waals surface area contributed by atoms with Crippen LogP contribution >= 0.6 is 22.7 Å². The second-order valence-electron chi connectivity index (χ2n) is 6.28. The standard InChI is InChI=1S/C19H20N4O3S2/c1-11-10-27-15(20-11)9-26-14-7-5-13(6-8-14)17(24)22-19-21-12(2)16(28-19)18(25)23(3)4/h5-8,10H,9H2,1-4H3,(H,21,22,24). The molecule has 0 spiro atoms. The van der Waals surface area contributed by atoms with Gasteiger partial charge in [0.2, 0.25) is 0 Å². The lowest BCUT2D eigenvalue weighted by Gasteiger charge is -2.07. The van der Waals surface area contributed by atoms with Crippen LogP contribution in [0.2, 0.25) is 0 Å². The van der Waals surface area contributed by atoms with E-state index in [0.717, 1.165) is 10.7 Å². The zero-order valence-corrected chi connectivity index (χ0v) is 17.6. The molecule has 9 heteroatoms. The van der Waals surface area contributed by atoms with Gasteiger partial charge in [-0.2, -0.15) is 0 Å². The van der Waals surface area contributed by atoms with E-state index in [2.05, 4.69) is 15.3 Å². The Morgan fingerprint density at radius 2 is 1.86 bits per heavy atom. The summed E-state index contributed by atoms with van der Waals surface area (Å²) in [5, 5.41) is 6.02. The van der Waals surface area contributed by atoms with E-state index >= 15 is 0 Å². The van der Waals surface area contributed by atoms with Crippen molar-refractivity contribution in [3.63, 3.8) is 0 Å². The van der Waals surface area contributed by atoms with Crippen molar-refractivity contribution >= 4 is 39.6 Å². The Morgan fingerprint density at radius 3 is 2.46 bits per heavy atom. The summed E-state index contributed by atoms with van der Waals surface area (Å²) < 4.78 is 5.69. The van der Waals surface area contributed by atoms with Gasteiger partial charge in [0, 0.05) is 30.7 Å².